The molecule has 0 aromatic heterocycles. The third-order valence-corrected chi connectivity index (χ3v) is 2.99. The van der Waals surface area contributed by atoms with Gasteiger partial charge in [-0.15, -0.1) is 0 Å². The fourth-order valence-corrected chi connectivity index (χ4v) is 1.88. The number of anilines is 2. The first kappa shape index (κ1) is 14.1. The summed E-state index contributed by atoms with van der Waals surface area (Å²) in [5, 5.41) is 11.9. The molecule has 0 saturated carbocycles. The Bertz CT molecular complexity index is 609. The molecular weight excluding hydrogens is 252 g/mol. The smallest absolute Gasteiger partial charge is 0.255 e. The Balaban J connectivity index is 2.17. The molecule has 2 aromatic carbocycles. The van der Waals surface area contributed by atoms with Gasteiger partial charge in [0.15, 0.2) is 0 Å². The van der Waals surface area contributed by atoms with Gasteiger partial charge in [-0.1, -0.05) is 18.2 Å². The predicted molar refractivity (Wildman–Crippen MR) is 81.1 cm³/mol. The maximum atomic E-state index is 12.2. The SMILES string of the molecule is CN(C)c1cccc(C(=O)Nc2cccc(CO)c2)c1. The summed E-state index contributed by atoms with van der Waals surface area (Å²) in [5.41, 5.74) is 3.02. The van der Waals surface area contributed by atoms with Crippen LogP contribution in [0.5, 0.6) is 0 Å². The van der Waals surface area contributed by atoms with E-state index >= 15 is 0 Å². The standard InChI is InChI=1S/C16H18N2O2/c1-18(2)15-8-4-6-13(10-15)16(20)17-14-7-3-5-12(9-14)11-19/h3-10,19H,11H2,1-2H3,(H,17,20). The summed E-state index contributed by atoms with van der Waals surface area (Å²) in [6, 6.07) is 14.6. The zero-order chi connectivity index (χ0) is 14.5. The number of aliphatic hydroxyl groups is 1. The minimum absolute atomic E-state index is 0.0418. The summed E-state index contributed by atoms with van der Waals surface area (Å²) in [5.74, 6) is -0.163. The molecule has 104 valence electrons. The summed E-state index contributed by atoms with van der Waals surface area (Å²) in [4.78, 5) is 14.1. The lowest BCUT2D eigenvalue weighted by Crippen LogP contribution is -2.14. The molecule has 0 spiro atoms. The van der Waals surface area contributed by atoms with E-state index in [9.17, 15) is 4.79 Å². The van der Waals surface area contributed by atoms with Crippen LogP contribution < -0.4 is 10.2 Å². The van der Waals surface area contributed by atoms with E-state index in [1.807, 2.05) is 43.3 Å². The maximum Gasteiger partial charge on any atom is 0.255 e. The largest absolute Gasteiger partial charge is 0.392 e. The Kier molecular flexibility index (Phi) is 4.38. The fraction of sp³-hybridized carbons (Fsp3) is 0.188. The second kappa shape index (κ2) is 6.21. The summed E-state index contributed by atoms with van der Waals surface area (Å²) in [7, 11) is 3.86. The van der Waals surface area contributed by atoms with E-state index in [4.69, 9.17) is 5.11 Å². The molecule has 0 fully saturated rings. The molecular formula is C16H18N2O2. The van der Waals surface area contributed by atoms with Crippen LogP contribution in [0.3, 0.4) is 0 Å². The molecule has 0 aliphatic heterocycles. The Morgan fingerprint density at radius 2 is 1.90 bits per heavy atom. The van der Waals surface area contributed by atoms with Crippen molar-refractivity contribution >= 4 is 17.3 Å². The molecule has 4 heteroatoms. The van der Waals surface area contributed by atoms with Gasteiger partial charge >= 0.3 is 0 Å². The molecule has 0 heterocycles. The second-order valence-corrected chi connectivity index (χ2v) is 4.76. The van der Waals surface area contributed by atoms with Crippen LogP contribution in [-0.2, 0) is 6.61 Å². The van der Waals surface area contributed by atoms with Crippen molar-refractivity contribution in [1.82, 2.24) is 0 Å². The van der Waals surface area contributed by atoms with Gasteiger partial charge < -0.3 is 15.3 Å². The van der Waals surface area contributed by atoms with Gasteiger partial charge in [0.05, 0.1) is 6.61 Å². The quantitative estimate of drug-likeness (QED) is 0.897. The van der Waals surface area contributed by atoms with Gasteiger partial charge in [-0.05, 0) is 35.9 Å². The van der Waals surface area contributed by atoms with E-state index in [1.54, 1.807) is 24.3 Å². The number of rotatable bonds is 4. The van der Waals surface area contributed by atoms with Crippen LogP contribution in [0.4, 0.5) is 11.4 Å². The number of nitrogens with zero attached hydrogens (tertiary/aromatic N) is 1. The summed E-state index contributed by atoms with van der Waals surface area (Å²) in [6.45, 7) is -0.0418. The lowest BCUT2D eigenvalue weighted by molar-refractivity contribution is 0.102. The Labute approximate surface area is 118 Å². The van der Waals surface area contributed by atoms with E-state index < -0.39 is 0 Å². The highest BCUT2D eigenvalue weighted by Gasteiger charge is 2.07. The van der Waals surface area contributed by atoms with Gasteiger partial charge in [-0.25, -0.2) is 0 Å². The number of hydrogen-bond donors (Lipinski definition) is 2. The molecule has 2 rings (SSSR count). The Morgan fingerprint density at radius 3 is 2.60 bits per heavy atom. The van der Waals surface area contributed by atoms with Crippen LogP contribution in [0.25, 0.3) is 0 Å². The van der Waals surface area contributed by atoms with Crippen molar-refractivity contribution in [3.05, 3.63) is 59.7 Å². The number of carbonyl (C=O) groups excluding carboxylic acids is 1. The Morgan fingerprint density at radius 1 is 1.15 bits per heavy atom. The van der Waals surface area contributed by atoms with Gasteiger partial charge in [0.25, 0.3) is 5.91 Å². The van der Waals surface area contributed by atoms with Crippen molar-refractivity contribution in [2.24, 2.45) is 0 Å². The fourth-order valence-electron chi connectivity index (χ4n) is 1.88. The highest BCUT2D eigenvalue weighted by molar-refractivity contribution is 6.04. The molecule has 0 bridgehead atoms. The first-order chi connectivity index (χ1) is 9.60. The zero-order valence-electron chi connectivity index (χ0n) is 11.6. The molecule has 0 radical (unpaired) electrons. The molecule has 2 N–H and O–H groups in total. The van der Waals surface area contributed by atoms with Crippen molar-refractivity contribution in [1.29, 1.82) is 0 Å². The highest BCUT2D eigenvalue weighted by Crippen LogP contribution is 2.16. The monoisotopic (exact) mass is 270 g/mol. The molecule has 1 amide bonds. The molecule has 4 nitrogen and oxygen atoms in total. The molecule has 0 unspecified atom stereocenters. The van der Waals surface area contributed by atoms with Crippen LogP contribution >= 0.6 is 0 Å². The van der Waals surface area contributed by atoms with Crippen LogP contribution in [0, 0.1) is 0 Å². The van der Waals surface area contributed by atoms with E-state index in [0.29, 0.717) is 11.3 Å². The number of benzene rings is 2. The zero-order valence-corrected chi connectivity index (χ0v) is 11.6. The van der Waals surface area contributed by atoms with Gasteiger partial charge in [0, 0.05) is 31.0 Å². The van der Waals surface area contributed by atoms with Gasteiger partial charge in [0.2, 0.25) is 0 Å². The lowest BCUT2D eigenvalue weighted by atomic mass is 10.1. The molecule has 0 aliphatic rings. The summed E-state index contributed by atoms with van der Waals surface area (Å²) < 4.78 is 0. The Hall–Kier alpha value is -2.33. The van der Waals surface area contributed by atoms with Crippen molar-refractivity contribution in [2.75, 3.05) is 24.3 Å². The van der Waals surface area contributed by atoms with Crippen LogP contribution in [-0.4, -0.2) is 25.1 Å². The minimum atomic E-state index is -0.163. The highest BCUT2D eigenvalue weighted by atomic mass is 16.3. The van der Waals surface area contributed by atoms with Crippen molar-refractivity contribution in [2.45, 2.75) is 6.61 Å². The lowest BCUT2D eigenvalue weighted by Gasteiger charge is -2.13. The van der Waals surface area contributed by atoms with Crippen LogP contribution in [0.2, 0.25) is 0 Å². The van der Waals surface area contributed by atoms with Crippen molar-refractivity contribution in [3.8, 4) is 0 Å². The molecule has 2 aromatic rings. The number of carbonyl (C=O) groups is 1. The van der Waals surface area contributed by atoms with E-state index in [1.165, 1.54) is 0 Å². The predicted octanol–water partition coefficient (Wildman–Crippen LogP) is 2.50. The minimum Gasteiger partial charge on any atom is -0.392 e. The van der Waals surface area contributed by atoms with Gasteiger partial charge in [0.1, 0.15) is 0 Å². The molecule has 0 saturated heterocycles. The summed E-state index contributed by atoms with van der Waals surface area (Å²) in [6.07, 6.45) is 0. The van der Waals surface area contributed by atoms with E-state index in [2.05, 4.69) is 5.32 Å². The first-order valence-corrected chi connectivity index (χ1v) is 6.38. The second-order valence-electron chi connectivity index (χ2n) is 4.76. The topological polar surface area (TPSA) is 52.6 Å². The molecule has 0 atom stereocenters. The number of hydrogen-bond acceptors (Lipinski definition) is 3. The van der Waals surface area contributed by atoms with E-state index in [-0.39, 0.29) is 12.5 Å². The van der Waals surface area contributed by atoms with Crippen molar-refractivity contribution in [3.63, 3.8) is 0 Å². The molecule has 20 heavy (non-hydrogen) atoms. The van der Waals surface area contributed by atoms with Crippen molar-refractivity contribution < 1.29 is 9.90 Å². The van der Waals surface area contributed by atoms with Crippen LogP contribution in [0.15, 0.2) is 48.5 Å². The summed E-state index contributed by atoms with van der Waals surface area (Å²) >= 11 is 0. The number of amides is 1. The first-order valence-electron chi connectivity index (χ1n) is 6.38. The third kappa shape index (κ3) is 3.36. The number of aliphatic hydroxyl groups excluding tert-OH is 1. The van der Waals surface area contributed by atoms with Gasteiger partial charge in [-0.2, -0.15) is 0 Å². The third-order valence-electron chi connectivity index (χ3n) is 2.99. The average molecular weight is 270 g/mol. The van der Waals surface area contributed by atoms with Crippen LogP contribution in [0.1, 0.15) is 15.9 Å². The molecule has 0 aliphatic carbocycles. The maximum absolute atomic E-state index is 12.2. The number of nitrogens with one attached hydrogen (secondary N) is 1. The average Bonchev–Trinajstić information content (AvgIpc) is 2.47. The van der Waals surface area contributed by atoms with Gasteiger partial charge in [-0.3, -0.25) is 4.79 Å². The normalized spacial score (nSPS) is 10.2. The van der Waals surface area contributed by atoms with E-state index in [0.717, 1.165) is 11.3 Å².